The predicted octanol–water partition coefficient (Wildman–Crippen LogP) is 0.196. The lowest BCUT2D eigenvalue weighted by Gasteiger charge is -2.06. The molecule has 1 heterocycles. The SMILES string of the molecule is NS(=O)(=O)CCNc1ccc(C(F)(F)F)nn1. The molecule has 0 saturated heterocycles. The fourth-order valence-electron chi connectivity index (χ4n) is 0.899. The summed E-state index contributed by atoms with van der Waals surface area (Å²) in [6.45, 7) is -0.0567. The molecule has 6 nitrogen and oxygen atoms in total. The summed E-state index contributed by atoms with van der Waals surface area (Å²) in [7, 11) is -3.62. The van der Waals surface area contributed by atoms with Crippen molar-refractivity contribution in [1.29, 1.82) is 0 Å². The van der Waals surface area contributed by atoms with Gasteiger partial charge in [-0.25, -0.2) is 13.6 Å². The molecule has 0 radical (unpaired) electrons. The third-order valence-corrected chi connectivity index (χ3v) is 2.42. The Hall–Kier alpha value is -1.42. The second-order valence-electron chi connectivity index (χ2n) is 3.10. The number of nitrogens with two attached hydrogens (primary N) is 1. The van der Waals surface area contributed by atoms with Crippen LogP contribution in [0.4, 0.5) is 19.0 Å². The molecule has 0 aromatic carbocycles. The van der Waals surface area contributed by atoms with E-state index < -0.39 is 21.9 Å². The zero-order chi connectivity index (χ0) is 13.1. The summed E-state index contributed by atoms with van der Waals surface area (Å²) in [6.07, 6.45) is -4.55. The van der Waals surface area contributed by atoms with Crippen molar-refractivity contribution in [2.75, 3.05) is 17.6 Å². The molecule has 0 aliphatic heterocycles. The van der Waals surface area contributed by atoms with E-state index in [2.05, 4.69) is 15.5 Å². The molecule has 0 amide bonds. The van der Waals surface area contributed by atoms with Crippen LogP contribution in [0.25, 0.3) is 0 Å². The Balaban J connectivity index is 2.58. The number of aromatic nitrogens is 2. The minimum absolute atomic E-state index is 0.0432. The number of primary sulfonamides is 1. The van der Waals surface area contributed by atoms with Crippen LogP contribution in [0.2, 0.25) is 0 Å². The average molecular weight is 270 g/mol. The van der Waals surface area contributed by atoms with Gasteiger partial charge < -0.3 is 5.32 Å². The molecule has 0 unspecified atom stereocenters. The van der Waals surface area contributed by atoms with E-state index in [9.17, 15) is 21.6 Å². The number of hydrogen-bond acceptors (Lipinski definition) is 5. The van der Waals surface area contributed by atoms with E-state index in [1.54, 1.807) is 0 Å². The van der Waals surface area contributed by atoms with Gasteiger partial charge in [0, 0.05) is 6.54 Å². The molecule has 1 rings (SSSR count). The molecule has 17 heavy (non-hydrogen) atoms. The lowest BCUT2D eigenvalue weighted by atomic mass is 10.4. The van der Waals surface area contributed by atoms with Crippen LogP contribution in [0, 0.1) is 0 Å². The van der Waals surface area contributed by atoms with Gasteiger partial charge >= 0.3 is 6.18 Å². The molecular weight excluding hydrogens is 261 g/mol. The van der Waals surface area contributed by atoms with Crippen molar-refractivity contribution in [3.63, 3.8) is 0 Å². The zero-order valence-electron chi connectivity index (χ0n) is 8.40. The molecular formula is C7H9F3N4O2S. The van der Waals surface area contributed by atoms with Gasteiger partial charge in [-0.1, -0.05) is 0 Å². The summed E-state index contributed by atoms with van der Waals surface area (Å²) < 4.78 is 57.4. The molecule has 0 spiro atoms. The highest BCUT2D eigenvalue weighted by Gasteiger charge is 2.32. The lowest BCUT2D eigenvalue weighted by molar-refractivity contribution is -0.141. The second-order valence-corrected chi connectivity index (χ2v) is 4.83. The van der Waals surface area contributed by atoms with Gasteiger partial charge in [0.15, 0.2) is 5.69 Å². The summed E-state index contributed by atoms with van der Waals surface area (Å²) in [5, 5.41) is 13.4. The van der Waals surface area contributed by atoms with Crippen LogP contribution in [-0.4, -0.2) is 30.9 Å². The first-order valence-electron chi connectivity index (χ1n) is 4.34. The van der Waals surface area contributed by atoms with Gasteiger partial charge in [0.25, 0.3) is 0 Å². The van der Waals surface area contributed by atoms with Crippen LogP contribution in [0.1, 0.15) is 5.69 Å². The molecule has 1 aromatic rings. The maximum absolute atomic E-state index is 12.1. The van der Waals surface area contributed by atoms with Crippen molar-refractivity contribution >= 4 is 15.8 Å². The van der Waals surface area contributed by atoms with Crippen LogP contribution < -0.4 is 10.5 Å². The predicted molar refractivity (Wildman–Crippen MR) is 53.5 cm³/mol. The Morgan fingerprint density at radius 1 is 1.29 bits per heavy atom. The van der Waals surface area contributed by atoms with Crippen molar-refractivity contribution in [2.45, 2.75) is 6.18 Å². The first kappa shape index (κ1) is 13.6. The van der Waals surface area contributed by atoms with Crippen molar-refractivity contribution in [1.82, 2.24) is 10.2 Å². The fraction of sp³-hybridized carbons (Fsp3) is 0.429. The van der Waals surface area contributed by atoms with E-state index in [0.29, 0.717) is 0 Å². The van der Waals surface area contributed by atoms with Crippen LogP contribution >= 0.6 is 0 Å². The lowest BCUT2D eigenvalue weighted by Crippen LogP contribution is -2.22. The number of rotatable bonds is 4. The Kier molecular flexibility index (Phi) is 3.88. The second kappa shape index (κ2) is 4.84. The third kappa shape index (κ3) is 4.95. The monoisotopic (exact) mass is 270 g/mol. The summed E-state index contributed by atoms with van der Waals surface area (Å²) in [6, 6.07) is 1.80. The number of nitrogens with one attached hydrogen (secondary N) is 1. The molecule has 0 atom stereocenters. The normalized spacial score (nSPS) is 12.5. The zero-order valence-corrected chi connectivity index (χ0v) is 9.22. The van der Waals surface area contributed by atoms with Gasteiger partial charge in [0.1, 0.15) is 5.82 Å². The number of anilines is 1. The maximum atomic E-state index is 12.1. The van der Waals surface area contributed by atoms with Gasteiger partial charge in [-0.05, 0) is 12.1 Å². The van der Waals surface area contributed by atoms with E-state index in [4.69, 9.17) is 5.14 Å². The smallest absolute Gasteiger partial charge is 0.368 e. The van der Waals surface area contributed by atoms with E-state index in [1.807, 2.05) is 0 Å². The highest BCUT2D eigenvalue weighted by atomic mass is 32.2. The van der Waals surface area contributed by atoms with Crippen molar-refractivity contribution in [3.05, 3.63) is 17.8 Å². The van der Waals surface area contributed by atoms with Crippen LogP contribution in [0.3, 0.4) is 0 Å². The molecule has 1 aromatic heterocycles. The van der Waals surface area contributed by atoms with Crippen molar-refractivity contribution in [3.8, 4) is 0 Å². The highest BCUT2D eigenvalue weighted by Crippen LogP contribution is 2.26. The molecule has 0 aliphatic carbocycles. The number of halogens is 3. The number of sulfonamides is 1. The van der Waals surface area contributed by atoms with Crippen molar-refractivity contribution < 1.29 is 21.6 Å². The Morgan fingerprint density at radius 2 is 1.94 bits per heavy atom. The number of nitrogens with zero attached hydrogens (tertiary/aromatic N) is 2. The van der Waals surface area contributed by atoms with Crippen LogP contribution in [-0.2, 0) is 16.2 Å². The Bertz CT molecular complexity index is 471. The molecule has 3 N–H and O–H groups in total. The van der Waals surface area contributed by atoms with Gasteiger partial charge in [0.05, 0.1) is 5.75 Å². The standard InChI is InChI=1S/C7H9F3N4O2S/c8-7(9,10)5-1-2-6(14-13-5)12-3-4-17(11,15)16/h1-2H,3-4H2,(H,12,14)(H2,11,15,16). The molecule has 96 valence electrons. The van der Waals surface area contributed by atoms with Crippen LogP contribution in [0.15, 0.2) is 12.1 Å². The highest BCUT2D eigenvalue weighted by molar-refractivity contribution is 7.89. The Labute approximate surface area is 95.1 Å². The minimum Gasteiger partial charge on any atom is -0.368 e. The molecule has 0 saturated carbocycles. The van der Waals surface area contributed by atoms with E-state index in [0.717, 1.165) is 12.1 Å². The molecule has 0 fully saturated rings. The van der Waals surface area contributed by atoms with Gasteiger partial charge in [-0.2, -0.15) is 13.2 Å². The summed E-state index contributed by atoms with van der Waals surface area (Å²) >= 11 is 0. The molecule has 0 aliphatic rings. The van der Waals surface area contributed by atoms with Gasteiger partial charge in [-0.3, -0.25) is 0 Å². The molecule has 10 heteroatoms. The first-order valence-corrected chi connectivity index (χ1v) is 6.05. The van der Waals surface area contributed by atoms with E-state index in [-0.39, 0.29) is 18.1 Å². The van der Waals surface area contributed by atoms with E-state index >= 15 is 0 Å². The third-order valence-electron chi connectivity index (χ3n) is 1.65. The molecule has 0 bridgehead atoms. The quantitative estimate of drug-likeness (QED) is 0.814. The maximum Gasteiger partial charge on any atom is 0.435 e. The average Bonchev–Trinajstić information content (AvgIpc) is 2.15. The summed E-state index contributed by atoms with van der Waals surface area (Å²) in [5.74, 6) is -0.308. The number of hydrogen-bond donors (Lipinski definition) is 2. The first-order chi connectivity index (χ1) is 7.68. The van der Waals surface area contributed by atoms with Crippen molar-refractivity contribution in [2.24, 2.45) is 5.14 Å². The fourth-order valence-corrected chi connectivity index (χ4v) is 1.29. The van der Waals surface area contributed by atoms with Gasteiger partial charge in [0.2, 0.25) is 10.0 Å². The summed E-state index contributed by atoms with van der Waals surface area (Å²) in [5.41, 5.74) is -1.12. The van der Waals surface area contributed by atoms with E-state index in [1.165, 1.54) is 0 Å². The summed E-state index contributed by atoms with van der Waals surface area (Å²) in [4.78, 5) is 0. The number of alkyl halides is 3. The Morgan fingerprint density at radius 3 is 2.35 bits per heavy atom. The topological polar surface area (TPSA) is 98.0 Å². The minimum atomic E-state index is -4.55. The van der Waals surface area contributed by atoms with Crippen LogP contribution in [0.5, 0.6) is 0 Å². The largest absolute Gasteiger partial charge is 0.435 e. The van der Waals surface area contributed by atoms with Gasteiger partial charge in [-0.15, -0.1) is 10.2 Å².